The standard InChI is InChI=1S/C16H28O4.3C12H24O2/c1-13(15(17)18)12-14-10-8-6-4-2-3-5-7-9-11-16(14,19)20;3*13-12(14)10-8-6-4-2-1-3-5-7-9-11-12/h12,14,19-20H,2-11H2,1H3,(H,17,18);3*13-14H,1-11H2. The quantitative estimate of drug-likeness (QED) is 0.0950. The monoisotopic (exact) mass is 885 g/mol. The smallest absolute Gasteiger partial charge is 0.330 e. The molecule has 1 atom stereocenters. The molecular weight excluding hydrogens is 785 g/mol. The van der Waals surface area contributed by atoms with Gasteiger partial charge in [0.05, 0.1) is 0 Å². The predicted octanol–water partition coefficient (Wildman–Crippen LogP) is 12.1. The highest BCUT2D eigenvalue weighted by Crippen LogP contribution is 2.30. The third-order valence-electron chi connectivity index (χ3n) is 13.7. The Morgan fingerprint density at radius 1 is 0.339 bits per heavy atom. The maximum absolute atomic E-state index is 10.9. The van der Waals surface area contributed by atoms with Gasteiger partial charge in [-0.2, -0.15) is 0 Å². The number of hydrogen-bond donors (Lipinski definition) is 9. The molecule has 4 fully saturated rings. The fourth-order valence-electron chi connectivity index (χ4n) is 9.35. The lowest BCUT2D eigenvalue weighted by molar-refractivity contribution is -0.195. The first kappa shape index (κ1) is 58.9. The largest absolute Gasteiger partial charge is 0.478 e. The zero-order valence-corrected chi connectivity index (χ0v) is 40.0. The van der Waals surface area contributed by atoms with Crippen molar-refractivity contribution in [3.05, 3.63) is 11.6 Å². The SMILES string of the molecule is CC(=CC1CCCCCCCCCCC1(O)O)C(=O)O.OC1(O)CCCCCCCCCCC1.OC1(O)CCCCCCCCCCC1.OC1(O)CCCCCCCCCCC1. The highest BCUT2D eigenvalue weighted by atomic mass is 16.5. The molecule has 0 aliphatic heterocycles. The van der Waals surface area contributed by atoms with E-state index in [0.29, 0.717) is 51.4 Å². The average Bonchev–Trinajstić information content (AvgIpc) is 3.19. The van der Waals surface area contributed by atoms with E-state index >= 15 is 0 Å². The van der Waals surface area contributed by atoms with Crippen molar-refractivity contribution < 1.29 is 50.8 Å². The van der Waals surface area contributed by atoms with Crippen LogP contribution in [0, 0.1) is 5.92 Å². The number of aliphatic hydroxyl groups is 8. The van der Waals surface area contributed by atoms with E-state index in [-0.39, 0.29) is 5.57 Å². The summed E-state index contributed by atoms with van der Waals surface area (Å²) in [6.45, 7) is 1.51. The molecule has 0 amide bonds. The molecule has 1 unspecified atom stereocenters. The maximum atomic E-state index is 10.9. The van der Waals surface area contributed by atoms with E-state index in [1.807, 2.05) is 0 Å². The Labute approximate surface area is 379 Å². The summed E-state index contributed by atoms with van der Waals surface area (Å²) in [6, 6.07) is 0. The topological polar surface area (TPSA) is 199 Å². The molecule has 9 N–H and O–H groups in total. The molecule has 4 rings (SSSR count). The highest BCUT2D eigenvalue weighted by molar-refractivity contribution is 5.85. The van der Waals surface area contributed by atoms with Crippen LogP contribution in [-0.2, 0) is 4.79 Å². The minimum Gasteiger partial charge on any atom is -0.478 e. The molecule has 368 valence electrons. The van der Waals surface area contributed by atoms with Crippen molar-refractivity contribution in [3.8, 4) is 0 Å². The van der Waals surface area contributed by atoms with Gasteiger partial charge in [0.15, 0.2) is 23.1 Å². The third kappa shape index (κ3) is 35.2. The summed E-state index contributed by atoms with van der Waals surface area (Å²) in [5.74, 6) is -7.39. The van der Waals surface area contributed by atoms with Crippen molar-refractivity contribution in [1.29, 1.82) is 0 Å². The summed E-state index contributed by atoms with van der Waals surface area (Å²) in [7, 11) is 0. The van der Waals surface area contributed by atoms with Crippen LogP contribution in [0.4, 0.5) is 0 Å². The van der Waals surface area contributed by atoms with Crippen molar-refractivity contribution in [2.24, 2.45) is 5.92 Å². The van der Waals surface area contributed by atoms with E-state index in [0.717, 1.165) is 109 Å². The zero-order valence-electron chi connectivity index (χ0n) is 40.0. The summed E-state index contributed by atoms with van der Waals surface area (Å²) < 4.78 is 0. The maximum Gasteiger partial charge on any atom is 0.330 e. The van der Waals surface area contributed by atoms with Crippen LogP contribution in [0.15, 0.2) is 11.6 Å². The van der Waals surface area contributed by atoms with Crippen LogP contribution in [0.5, 0.6) is 0 Å². The summed E-state index contributed by atoms with van der Waals surface area (Å²) in [5, 5.41) is 87.2. The van der Waals surface area contributed by atoms with Crippen molar-refractivity contribution in [2.75, 3.05) is 0 Å². The van der Waals surface area contributed by atoms with E-state index < -0.39 is 35.0 Å². The lowest BCUT2D eigenvalue weighted by Gasteiger charge is -2.30. The molecule has 4 saturated carbocycles. The Balaban J connectivity index is 0.000000419. The summed E-state index contributed by atoms with van der Waals surface area (Å²) in [4.78, 5) is 10.9. The van der Waals surface area contributed by atoms with E-state index in [1.165, 1.54) is 129 Å². The molecule has 0 aromatic carbocycles. The minimum atomic E-state index is -1.78. The van der Waals surface area contributed by atoms with E-state index in [9.17, 15) is 45.6 Å². The van der Waals surface area contributed by atoms with Crippen molar-refractivity contribution >= 4 is 5.97 Å². The fraction of sp³-hybridized carbons (Fsp3) is 0.942. The molecule has 0 aromatic heterocycles. The molecule has 10 heteroatoms. The number of carbonyl (C=O) groups is 1. The van der Waals surface area contributed by atoms with Crippen LogP contribution >= 0.6 is 0 Å². The van der Waals surface area contributed by atoms with Gasteiger partial charge >= 0.3 is 5.97 Å². The fourth-order valence-corrected chi connectivity index (χ4v) is 9.35. The molecule has 62 heavy (non-hydrogen) atoms. The number of carboxylic acids is 1. The Kier molecular flexibility index (Phi) is 34.3. The first-order valence-corrected chi connectivity index (χ1v) is 26.3. The number of hydrogen-bond acceptors (Lipinski definition) is 9. The van der Waals surface area contributed by atoms with Crippen LogP contribution < -0.4 is 0 Å². The third-order valence-corrected chi connectivity index (χ3v) is 13.7. The second-order valence-electron chi connectivity index (χ2n) is 20.0. The normalized spacial score (nSPS) is 26.2. The van der Waals surface area contributed by atoms with E-state index in [1.54, 1.807) is 0 Å². The molecule has 0 aromatic rings. The molecule has 0 radical (unpaired) electrons. The van der Waals surface area contributed by atoms with Gasteiger partial charge in [-0.25, -0.2) is 4.79 Å². The molecule has 0 bridgehead atoms. The molecular formula is C52H100O10. The highest BCUT2D eigenvalue weighted by Gasteiger charge is 2.32. The first-order chi connectivity index (χ1) is 29.6. The Hall–Kier alpha value is -1.11. The lowest BCUT2D eigenvalue weighted by Crippen LogP contribution is -2.37. The molecule has 0 spiro atoms. The van der Waals surface area contributed by atoms with Crippen LogP contribution in [0.2, 0.25) is 0 Å². The summed E-state index contributed by atoms with van der Waals surface area (Å²) in [5.41, 5.74) is 0.189. The summed E-state index contributed by atoms with van der Waals surface area (Å²) in [6.07, 6.45) is 46.8. The Bertz CT molecular complexity index is 965. The van der Waals surface area contributed by atoms with Gasteiger partial charge in [0, 0.05) is 56.4 Å². The predicted molar refractivity (Wildman–Crippen MR) is 252 cm³/mol. The first-order valence-electron chi connectivity index (χ1n) is 26.3. The van der Waals surface area contributed by atoms with Gasteiger partial charge in [0.1, 0.15) is 0 Å². The molecule has 10 nitrogen and oxygen atoms in total. The van der Waals surface area contributed by atoms with Crippen LogP contribution in [0.3, 0.4) is 0 Å². The summed E-state index contributed by atoms with van der Waals surface area (Å²) >= 11 is 0. The molecule has 4 aliphatic rings. The molecule has 0 heterocycles. The van der Waals surface area contributed by atoms with Gasteiger partial charge in [-0.05, 0) is 58.3 Å². The van der Waals surface area contributed by atoms with Gasteiger partial charge in [0.25, 0.3) is 0 Å². The second-order valence-corrected chi connectivity index (χ2v) is 20.0. The number of aliphatic carboxylic acids is 1. The number of carboxylic acid groups (broad SMARTS) is 1. The second kappa shape index (κ2) is 36.1. The molecule has 0 saturated heterocycles. The van der Waals surface area contributed by atoms with E-state index in [2.05, 4.69) is 0 Å². The van der Waals surface area contributed by atoms with Gasteiger partial charge in [-0.3, -0.25) is 0 Å². The lowest BCUT2D eigenvalue weighted by atomic mass is 9.86. The van der Waals surface area contributed by atoms with Gasteiger partial charge in [-0.15, -0.1) is 0 Å². The average molecular weight is 885 g/mol. The van der Waals surface area contributed by atoms with Crippen LogP contribution in [0.1, 0.15) is 283 Å². The van der Waals surface area contributed by atoms with Crippen LogP contribution in [-0.4, -0.2) is 75.1 Å². The van der Waals surface area contributed by atoms with Gasteiger partial charge < -0.3 is 46.0 Å². The van der Waals surface area contributed by atoms with Crippen molar-refractivity contribution in [1.82, 2.24) is 0 Å². The minimum absolute atomic E-state index is 0.189. The Morgan fingerprint density at radius 2 is 0.532 bits per heavy atom. The van der Waals surface area contributed by atoms with Gasteiger partial charge in [0.2, 0.25) is 0 Å². The zero-order chi connectivity index (χ0) is 45.8. The van der Waals surface area contributed by atoms with Crippen molar-refractivity contribution in [3.63, 3.8) is 0 Å². The van der Waals surface area contributed by atoms with Gasteiger partial charge in [-0.1, -0.05) is 186 Å². The number of rotatable bonds is 2. The van der Waals surface area contributed by atoms with E-state index in [4.69, 9.17) is 5.11 Å². The Morgan fingerprint density at radius 3 is 0.758 bits per heavy atom. The van der Waals surface area contributed by atoms with Crippen molar-refractivity contribution in [2.45, 2.75) is 306 Å². The molecule has 4 aliphatic carbocycles. The van der Waals surface area contributed by atoms with Crippen LogP contribution in [0.25, 0.3) is 0 Å².